The molecule has 4 aromatic carbocycles. The Kier molecular flexibility index (Phi) is 10.9. The van der Waals surface area contributed by atoms with Crippen LogP contribution in [0, 0.1) is 0 Å². The number of aromatic nitrogens is 1. The van der Waals surface area contributed by atoms with Crippen LogP contribution in [0.25, 0.3) is 11.8 Å². The van der Waals surface area contributed by atoms with Gasteiger partial charge < -0.3 is 14.2 Å². The van der Waals surface area contributed by atoms with E-state index in [9.17, 15) is 9.59 Å². The van der Waals surface area contributed by atoms with Crippen LogP contribution < -0.4 is 24.4 Å². The van der Waals surface area contributed by atoms with Crippen molar-refractivity contribution >= 4 is 52.3 Å². The van der Waals surface area contributed by atoms with E-state index >= 15 is 0 Å². The second-order valence-corrected chi connectivity index (χ2v) is 13.8. The number of carbonyl (C=O) groups is 1. The first-order chi connectivity index (χ1) is 24.2. The summed E-state index contributed by atoms with van der Waals surface area (Å²) in [5, 5.41) is 0.929. The number of carbonyl (C=O) groups excluding carboxylic acids is 1. The van der Waals surface area contributed by atoms with E-state index in [4.69, 9.17) is 42.4 Å². The molecular weight excluding hydrogens is 691 g/mol. The van der Waals surface area contributed by atoms with Crippen molar-refractivity contribution in [2.45, 2.75) is 46.3 Å². The monoisotopic (exact) mass is 726 g/mol. The van der Waals surface area contributed by atoms with E-state index in [0.717, 1.165) is 27.8 Å². The van der Waals surface area contributed by atoms with Crippen molar-refractivity contribution in [3.63, 3.8) is 0 Å². The average Bonchev–Trinajstić information content (AvgIpc) is 3.43. The van der Waals surface area contributed by atoms with E-state index in [2.05, 4.69) is 13.8 Å². The van der Waals surface area contributed by atoms with Gasteiger partial charge in [-0.15, -0.1) is 0 Å². The van der Waals surface area contributed by atoms with Crippen LogP contribution in [-0.2, 0) is 16.1 Å². The highest BCUT2D eigenvalue weighted by atomic mass is 35.5. The Morgan fingerprint density at radius 1 is 0.900 bits per heavy atom. The van der Waals surface area contributed by atoms with Gasteiger partial charge in [0.15, 0.2) is 16.3 Å². The van der Waals surface area contributed by atoms with Gasteiger partial charge in [0.25, 0.3) is 5.56 Å². The number of hydrogen-bond donors (Lipinski definition) is 0. The molecule has 10 heteroatoms. The first kappa shape index (κ1) is 35.2. The molecular formula is C40H36Cl2N2O5S. The topological polar surface area (TPSA) is 79.1 Å². The molecule has 0 saturated heterocycles. The zero-order chi connectivity index (χ0) is 35.4. The van der Waals surface area contributed by atoms with Crippen LogP contribution in [0.3, 0.4) is 0 Å². The molecule has 50 heavy (non-hydrogen) atoms. The number of rotatable bonds is 11. The van der Waals surface area contributed by atoms with Gasteiger partial charge in [0, 0.05) is 5.56 Å². The normalized spacial score (nSPS) is 14.4. The lowest BCUT2D eigenvalue weighted by molar-refractivity contribution is -0.138. The first-order valence-corrected chi connectivity index (χ1v) is 18.0. The molecule has 5 aromatic rings. The zero-order valence-electron chi connectivity index (χ0n) is 28.1. The summed E-state index contributed by atoms with van der Waals surface area (Å²) < 4.78 is 19.7. The minimum absolute atomic E-state index is 0.184. The molecule has 1 aromatic heterocycles. The molecule has 1 atom stereocenters. The number of halogens is 2. The number of fused-ring (bicyclic) bond motifs is 1. The van der Waals surface area contributed by atoms with Crippen molar-refractivity contribution in [1.82, 2.24) is 4.57 Å². The average molecular weight is 728 g/mol. The summed E-state index contributed by atoms with van der Waals surface area (Å²) in [5.74, 6) is 0.890. The third-order valence-corrected chi connectivity index (χ3v) is 9.96. The summed E-state index contributed by atoms with van der Waals surface area (Å²) >= 11 is 13.5. The molecule has 0 saturated carbocycles. The Balaban J connectivity index is 1.47. The second kappa shape index (κ2) is 15.5. The molecule has 6 rings (SSSR count). The van der Waals surface area contributed by atoms with Gasteiger partial charge in [-0.05, 0) is 72.4 Å². The predicted octanol–water partition coefficient (Wildman–Crippen LogP) is 8.34. The van der Waals surface area contributed by atoms with E-state index in [-0.39, 0.29) is 18.8 Å². The number of ether oxygens (including phenoxy) is 3. The Bertz CT molecular complexity index is 2240. The zero-order valence-corrected chi connectivity index (χ0v) is 30.4. The summed E-state index contributed by atoms with van der Waals surface area (Å²) in [6.45, 7) is 8.78. The number of esters is 1. The van der Waals surface area contributed by atoms with Gasteiger partial charge in [-0.1, -0.05) is 115 Å². The van der Waals surface area contributed by atoms with Gasteiger partial charge in [0.1, 0.15) is 6.61 Å². The maximum Gasteiger partial charge on any atom is 0.338 e. The largest absolute Gasteiger partial charge is 0.490 e. The maximum atomic E-state index is 14.4. The lowest BCUT2D eigenvalue weighted by atomic mass is 9.91. The van der Waals surface area contributed by atoms with Crippen molar-refractivity contribution < 1.29 is 19.0 Å². The molecule has 256 valence electrons. The number of benzene rings is 4. The van der Waals surface area contributed by atoms with Gasteiger partial charge in [-0.3, -0.25) is 9.36 Å². The molecule has 7 nitrogen and oxygen atoms in total. The Morgan fingerprint density at radius 2 is 1.66 bits per heavy atom. The van der Waals surface area contributed by atoms with E-state index in [0.29, 0.717) is 54.7 Å². The molecule has 1 aliphatic rings. The summed E-state index contributed by atoms with van der Waals surface area (Å²) in [7, 11) is 0. The summed E-state index contributed by atoms with van der Waals surface area (Å²) in [5.41, 5.74) is 4.83. The number of thiazole rings is 1. The van der Waals surface area contributed by atoms with Crippen molar-refractivity contribution in [3.05, 3.63) is 154 Å². The molecule has 0 fully saturated rings. The molecule has 0 aliphatic carbocycles. The predicted molar refractivity (Wildman–Crippen MR) is 200 cm³/mol. The Morgan fingerprint density at radius 3 is 2.34 bits per heavy atom. The highest BCUT2D eigenvalue weighted by Gasteiger charge is 2.35. The van der Waals surface area contributed by atoms with Crippen molar-refractivity contribution in [3.8, 4) is 11.5 Å². The third kappa shape index (κ3) is 7.43. The second-order valence-electron chi connectivity index (χ2n) is 11.9. The minimum atomic E-state index is -0.750. The summed E-state index contributed by atoms with van der Waals surface area (Å²) in [6.07, 6.45) is 1.81. The fraction of sp³-hybridized carbons (Fsp3) is 0.225. The third-order valence-electron chi connectivity index (χ3n) is 8.24. The smallest absolute Gasteiger partial charge is 0.338 e. The molecule has 0 spiro atoms. The van der Waals surface area contributed by atoms with Crippen LogP contribution >= 0.6 is 34.5 Å². The first-order valence-electron chi connectivity index (χ1n) is 16.4. The number of nitrogens with zero attached hydrogens (tertiary/aromatic N) is 2. The van der Waals surface area contributed by atoms with Crippen molar-refractivity contribution in [1.29, 1.82) is 0 Å². The Labute approximate surface area is 304 Å². The standard InChI is InChI=1S/C40H36Cl2N2O5S/c1-5-47-33-21-25(13-19-32(33)49-23-26-12-18-30(41)31(42)20-26)22-34-38(45)44-37(29-16-14-27(15-17-29)24(3)4)35(39(46)48-6-2)36(43-40(44)50-34)28-10-8-7-9-11-28/h7-22,24,37H,5-6,23H2,1-4H3/b34-22-/t37-/m1/s1. The van der Waals surface area contributed by atoms with Crippen LogP contribution in [0.4, 0.5) is 0 Å². The van der Waals surface area contributed by atoms with Crippen molar-refractivity contribution in [2.24, 2.45) is 4.99 Å². The highest BCUT2D eigenvalue weighted by molar-refractivity contribution is 7.07. The lowest BCUT2D eigenvalue weighted by Crippen LogP contribution is -2.40. The van der Waals surface area contributed by atoms with Crippen LogP contribution in [0.2, 0.25) is 10.0 Å². The quantitative estimate of drug-likeness (QED) is 0.128. The molecule has 2 heterocycles. The minimum Gasteiger partial charge on any atom is -0.490 e. The van der Waals surface area contributed by atoms with Gasteiger partial charge in [0.2, 0.25) is 0 Å². The van der Waals surface area contributed by atoms with Crippen LogP contribution in [0.1, 0.15) is 67.5 Å². The van der Waals surface area contributed by atoms with E-state index < -0.39 is 12.0 Å². The molecule has 0 unspecified atom stereocenters. The summed E-state index contributed by atoms with van der Waals surface area (Å²) in [4.78, 5) is 33.6. The van der Waals surface area contributed by atoms with E-state index in [1.807, 2.05) is 91.9 Å². The van der Waals surface area contributed by atoms with E-state index in [1.54, 1.807) is 23.6 Å². The molecule has 0 bridgehead atoms. The molecule has 0 amide bonds. The molecule has 1 aliphatic heterocycles. The highest BCUT2D eigenvalue weighted by Crippen LogP contribution is 2.36. The molecule has 0 N–H and O–H groups in total. The fourth-order valence-corrected chi connectivity index (χ4v) is 7.08. The van der Waals surface area contributed by atoms with Crippen LogP contribution in [0.5, 0.6) is 11.5 Å². The van der Waals surface area contributed by atoms with Crippen LogP contribution in [0.15, 0.2) is 106 Å². The maximum absolute atomic E-state index is 14.4. The SMILES string of the molecule is CCOC(=O)C1=C(c2ccccc2)N=c2s/c(=C\c3ccc(OCc4ccc(Cl)c(Cl)c4)c(OCC)c3)c(=O)n2[C@@H]1c1ccc(C(C)C)cc1. The van der Waals surface area contributed by atoms with Crippen LogP contribution in [-0.4, -0.2) is 23.8 Å². The number of hydrogen-bond acceptors (Lipinski definition) is 7. The lowest BCUT2D eigenvalue weighted by Gasteiger charge is -2.26. The Hall–Kier alpha value is -4.63. The fourth-order valence-electron chi connectivity index (χ4n) is 5.76. The van der Waals surface area contributed by atoms with Gasteiger partial charge in [-0.25, -0.2) is 9.79 Å². The van der Waals surface area contributed by atoms with Crippen molar-refractivity contribution in [2.75, 3.05) is 13.2 Å². The van der Waals surface area contributed by atoms with Gasteiger partial charge in [0.05, 0.1) is 45.1 Å². The summed E-state index contributed by atoms with van der Waals surface area (Å²) in [6, 6.07) is 27.7. The van der Waals surface area contributed by atoms with Gasteiger partial charge >= 0.3 is 5.97 Å². The van der Waals surface area contributed by atoms with E-state index in [1.165, 1.54) is 11.3 Å². The molecule has 0 radical (unpaired) electrons. The van der Waals surface area contributed by atoms with Gasteiger partial charge in [-0.2, -0.15) is 0 Å².